The number of nitrogens with one attached hydrogen (secondary N) is 1. The van der Waals surface area contributed by atoms with Gasteiger partial charge in [0.1, 0.15) is 5.82 Å². The number of hydrogen-bond donors (Lipinski definition) is 1. The van der Waals surface area contributed by atoms with Crippen LogP contribution < -0.4 is 10.2 Å². The van der Waals surface area contributed by atoms with Gasteiger partial charge in [-0.25, -0.2) is 14.8 Å². The summed E-state index contributed by atoms with van der Waals surface area (Å²) in [6, 6.07) is 17.9. The smallest absolute Gasteiger partial charge is 0.322 e. The Hall–Kier alpha value is -3.41. The van der Waals surface area contributed by atoms with Gasteiger partial charge in [0.15, 0.2) is 5.82 Å². The molecule has 0 spiro atoms. The molecule has 0 radical (unpaired) electrons. The number of carbonyl (C=O) groups excluding carboxylic acids is 1. The van der Waals surface area contributed by atoms with Gasteiger partial charge in [-0.05, 0) is 25.0 Å². The van der Waals surface area contributed by atoms with Gasteiger partial charge in [0.05, 0.1) is 12.2 Å². The number of benzene rings is 2. The summed E-state index contributed by atoms with van der Waals surface area (Å²) < 4.78 is 0. The van der Waals surface area contributed by atoms with Crippen molar-refractivity contribution in [2.45, 2.75) is 33.2 Å². The van der Waals surface area contributed by atoms with Crippen LogP contribution in [-0.2, 0) is 19.4 Å². The third-order valence-electron chi connectivity index (χ3n) is 5.83. The Morgan fingerprint density at radius 2 is 1.81 bits per heavy atom. The first-order valence-electron chi connectivity index (χ1n) is 10.9. The van der Waals surface area contributed by atoms with E-state index in [1.807, 2.05) is 66.5 Å². The Morgan fingerprint density at radius 1 is 1.06 bits per heavy atom. The first kappa shape index (κ1) is 20.8. The summed E-state index contributed by atoms with van der Waals surface area (Å²) in [5.74, 6) is 1.64. The third-order valence-corrected chi connectivity index (χ3v) is 5.83. The molecule has 0 saturated heterocycles. The molecule has 0 unspecified atom stereocenters. The van der Waals surface area contributed by atoms with Crippen LogP contribution in [0.3, 0.4) is 0 Å². The zero-order valence-corrected chi connectivity index (χ0v) is 18.4. The van der Waals surface area contributed by atoms with Gasteiger partial charge in [0.25, 0.3) is 0 Å². The Balaban J connectivity index is 1.62. The van der Waals surface area contributed by atoms with Crippen molar-refractivity contribution in [2.75, 3.05) is 30.4 Å². The van der Waals surface area contributed by atoms with E-state index in [9.17, 15) is 4.79 Å². The molecule has 0 aliphatic carbocycles. The molecule has 1 aromatic heterocycles. The van der Waals surface area contributed by atoms with Crippen molar-refractivity contribution in [2.24, 2.45) is 0 Å². The van der Waals surface area contributed by atoms with Crippen LogP contribution in [0.2, 0.25) is 0 Å². The number of rotatable bonds is 5. The first-order chi connectivity index (χ1) is 15.1. The molecule has 2 aromatic carbocycles. The predicted octanol–water partition coefficient (Wildman–Crippen LogP) is 4.75. The van der Waals surface area contributed by atoms with E-state index in [1.54, 1.807) is 0 Å². The summed E-state index contributed by atoms with van der Waals surface area (Å²) in [6.45, 7) is 6.16. The molecule has 160 valence electrons. The molecule has 31 heavy (non-hydrogen) atoms. The predicted molar refractivity (Wildman–Crippen MR) is 125 cm³/mol. The molecule has 0 saturated carbocycles. The third kappa shape index (κ3) is 4.38. The highest BCUT2D eigenvalue weighted by Crippen LogP contribution is 2.29. The maximum absolute atomic E-state index is 13.0. The highest BCUT2D eigenvalue weighted by molar-refractivity contribution is 5.90. The van der Waals surface area contributed by atoms with Crippen molar-refractivity contribution in [3.8, 4) is 11.4 Å². The number of nitrogens with zero attached hydrogens (tertiary/aromatic N) is 4. The average molecular weight is 416 g/mol. The minimum absolute atomic E-state index is 0.0798. The molecule has 0 fully saturated rings. The van der Waals surface area contributed by atoms with E-state index < -0.39 is 0 Å². The zero-order valence-electron chi connectivity index (χ0n) is 18.4. The molecule has 0 bridgehead atoms. The van der Waals surface area contributed by atoms with Crippen molar-refractivity contribution < 1.29 is 4.79 Å². The van der Waals surface area contributed by atoms with Crippen LogP contribution in [0.4, 0.5) is 16.3 Å². The van der Waals surface area contributed by atoms with Gasteiger partial charge in [-0.3, -0.25) is 0 Å². The molecule has 1 aliphatic heterocycles. The Kier molecular flexibility index (Phi) is 6.16. The summed E-state index contributed by atoms with van der Waals surface area (Å²) in [6.07, 6.45) is 1.59. The fraction of sp³-hybridized carbons (Fsp3) is 0.320. The summed E-state index contributed by atoms with van der Waals surface area (Å²) in [5, 5.41) is 3.09. The maximum Gasteiger partial charge on any atom is 0.322 e. The zero-order chi connectivity index (χ0) is 21.8. The van der Waals surface area contributed by atoms with Crippen LogP contribution in [0.5, 0.6) is 0 Å². The molecule has 6 heteroatoms. The minimum atomic E-state index is -0.0798. The standard InChI is InChI=1S/C25H29N5O/c1-4-18-11-9-10-14-21(18)27-25(31)30-16-15-22-20(17-30)24(29(3)5-2)28-23(26-22)19-12-7-6-8-13-19/h6-14H,4-5,15-17H2,1-3H3,(H,27,31). The number of hydrogen-bond acceptors (Lipinski definition) is 4. The second kappa shape index (κ2) is 9.16. The van der Waals surface area contributed by atoms with E-state index in [0.29, 0.717) is 19.5 Å². The van der Waals surface area contributed by atoms with Crippen molar-refractivity contribution in [3.63, 3.8) is 0 Å². The number of aryl methyl sites for hydroxylation is 1. The van der Waals surface area contributed by atoms with E-state index in [-0.39, 0.29) is 6.03 Å². The number of carbonyl (C=O) groups is 1. The lowest BCUT2D eigenvalue weighted by Crippen LogP contribution is -2.40. The van der Waals surface area contributed by atoms with E-state index in [2.05, 4.69) is 24.1 Å². The topological polar surface area (TPSA) is 61.4 Å². The number of para-hydroxylation sites is 1. The maximum atomic E-state index is 13.0. The lowest BCUT2D eigenvalue weighted by Gasteiger charge is -2.32. The Bertz CT molecular complexity index is 1070. The van der Waals surface area contributed by atoms with Gasteiger partial charge in [-0.2, -0.15) is 0 Å². The van der Waals surface area contributed by atoms with E-state index in [4.69, 9.17) is 9.97 Å². The van der Waals surface area contributed by atoms with Crippen LogP contribution in [-0.4, -0.2) is 41.0 Å². The lowest BCUT2D eigenvalue weighted by molar-refractivity contribution is 0.206. The number of fused-ring (bicyclic) bond motifs is 1. The van der Waals surface area contributed by atoms with E-state index in [1.165, 1.54) is 0 Å². The molecule has 4 rings (SSSR count). The van der Waals surface area contributed by atoms with Crippen molar-refractivity contribution in [1.29, 1.82) is 0 Å². The van der Waals surface area contributed by atoms with Crippen molar-refractivity contribution in [3.05, 3.63) is 71.4 Å². The fourth-order valence-electron chi connectivity index (χ4n) is 3.90. The molecule has 1 aliphatic rings. The molecule has 1 N–H and O–H groups in total. The van der Waals surface area contributed by atoms with Crippen molar-refractivity contribution >= 4 is 17.5 Å². The lowest BCUT2D eigenvalue weighted by atomic mass is 10.0. The number of amides is 2. The van der Waals surface area contributed by atoms with Gasteiger partial charge >= 0.3 is 6.03 Å². The van der Waals surface area contributed by atoms with Gasteiger partial charge in [0.2, 0.25) is 0 Å². The molecule has 2 amide bonds. The van der Waals surface area contributed by atoms with Gasteiger partial charge < -0.3 is 15.1 Å². The van der Waals surface area contributed by atoms with Crippen LogP contribution in [0.1, 0.15) is 30.7 Å². The fourth-order valence-corrected chi connectivity index (χ4v) is 3.90. The Morgan fingerprint density at radius 3 is 2.55 bits per heavy atom. The van der Waals surface area contributed by atoms with Gasteiger partial charge in [-0.1, -0.05) is 55.5 Å². The van der Waals surface area contributed by atoms with E-state index >= 15 is 0 Å². The normalized spacial score (nSPS) is 12.9. The molecular weight excluding hydrogens is 386 g/mol. The minimum Gasteiger partial charge on any atom is -0.360 e. The highest BCUT2D eigenvalue weighted by Gasteiger charge is 2.27. The number of aromatic nitrogens is 2. The van der Waals surface area contributed by atoms with Crippen LogP contribution in [0.15, 0.2) is 54.6 Å². The van der Waals surface area contributed by atoms with Crippen LogP contribution >= 0.6 is 0 Å². The quantitative estimate of drug-likeness (QED) is 0.653. The van der Waals surface area contributed by atoms with Crippen LogP contribution in [0.25, 0.3) is 11.4 Å². The summed E-state index contributed by atoms with van der Waals surface area (Å²) in [5.41, 5.74) is 5.08. The second-order valence-electron chi connectivity index (χ2n) is 7.79. The van der Waals surface area contributed by atoms with E-state index in [0.717, 1.165) is 52.7 Å². The Labute approximate surface area is 183 Å². The molecule has 3 aromatic rings. The molecule has 6 nitrogen and oxygen atoms in total. The monoisotopic (exact) mass is 415 g/mol. The average Bonchev–Trinajstić information content (AvgIpc) is 2.83. The van der Waals surface area contributed by atoms with Gasteiger partial charge in [-0.15, -0.1) is 0 Å². The summed E-state index contributed by atoms with van der Waals surface area (Å²) >= 11 is 0. The summed E-state index contributed by atoms with van der Waals surface area (Å²) in [7, 11) is 2.04. The number of urea groups is 1. The molecule has 2 heterocycles. The molecular formula is C25H29N5O. The molecule has 0 atom stereocenters. The largest absolute Gasteiger partial charge is 0.360 e. The first-order valence-corrected chi connectivity index (χ1v) is 10.9. The SMILES string of the molecule is CCc1ccccc1NC(=O)N1CCc2nc(-c3ccccc3)nc(N(C)CC)c2C1. The van der Waals surface area contributed by atoms with Crippen molar-refractivity contribution in [1.82, 2.24) is 14.9 Å². The summed E-state index contributed by atoms with van der Waals surface area (Å²) in [4.78, 5) is 26.8. The van der Waals surface area contributed by atoms with Gasteiger partial charge in [0, 0.05) is 43.4 Å². The second-order valence-corrected chi connectivity index (χ2v) is 7.79. The number of anilines is 2. The highest BCUT2D eigenvalue weighted by atomic mass is 16.2. The van der Waals surface area contributed by atoms with Crippen LogP contribution in [0, 0.1) is 0 Å².